The van der Waals surface area contributed by atoms with E-state index in [1.54, 1.807) is 6.20 Å². The van der Waals surface area contributed by atoms with Gasteiger partial charge in [0.05, 0.1) is 28.4 Å². The molecular formula is C19H14N8. The highest BCUT2D eigenvalue weighted by Crippen LogP contribution is 2.27. The van der Waals surface area contributed by atoms with Crippen LogP contribution in [-0.2, 0) is 0 Å². The lowest BCUT2D eigenvalue weighted by Crippen LogP contribution is -2.01. The van der Waals surface area contributed by atoms with Gasteiger partial charge in [-0.25, -0.2) is 9.97 Å². The van der Waals surface area contributed by atoms with Crippen molar-refractivity contribution in [3.05, 3.63) is 61.2 Å². The van der Waals surface area contributed by atoms with Crippen LogP contribution in [0, 0.1) is 0 Å². The molecule has 2 aromatic carbocycles. The fourth-order valence-electron chi connectivity index (χ4n) is 3.29. The van der Waals surface area contributed by atoms with E-state index < -0.39 is 0 Å². The number of hydrogen-bond acceptors (Lipinski definition) is 4. The molecule has 0 aliphatic rings. The van der Waals surface area contributed by atoms with Gasteiger partial charge < -0.3 is 9.72 Å². The molecule has 4 heterocycles. The number of H-pyrrole nitrogens is 3. The molecule has 27 heavy (non-hydrogen) atoms. The first-order chi connectivity index (χ1) is 13.3. The number of nitrogens with one attached hydrogen (secondary N) is 4. The third kappa shape index (κ3) is 2.20. The summed E-state index contributed by atoms with van der Waals surface area (Å²) in [6.45, 7) is 0. The van der Waals surface area contributed by atoms with Crippen molar-refractivity contribution in [3.8, 4) is 11.3 Å². The van der Waals surface area contributed by atoms with Gasteiger partial charge >= 0.3 is 0 Å². The molecule has 0 unspecified atom stereocenters. The van der Waals surface area contributed by atoms with Gasteiger partial charge in [0.15, 0.2) is 11.5 Å². The summed E-state index contributed by atoms with van der Waals surface area (Å²) in [6, 6.07) is 12.2. The zero-order chi connectivity index (χ0) is 17.8. The van der Waals surface area contributed by atoms with Crippen LogP contribution in [0.2, 0.25) is 0 Å². The van der Waals surface area contributed by atoms with Gasteiger partial charge in [-0.3, -0.25) is 15.3 Å². The second kappa shape index (κ2) is 5.21. The molecular weight excluding hydrogens is 340 g/mol. The molecule has 0 atom stereocenters. The Morgan fingerprint density at radius 2 is 1.93 bits per heavy atom. The molecule has 8 nitrogen and oxygen atoms in total. The minimum Gasteiger partial charge on any atom is -0.337 e. The number of nitrogens with zero attached hydrogens (tertiary/aromatic N) is 4. The predicted octanol–water partition coefficient (Wildman–Crippen LogP) is 3.83. The Morgan fingerprint density at radius 3 is 2.81 bits per heavy atom. The number of hydrogen-bond donors (Lipinski definition) is 4. The highest BCUT2D eigenvalue weighted by atomic mass is 15.2. The highest BCUT2D eigenvalue weighted by molar-refractivity contribution is 5.85. The van der Waals surface area contributed by atoms with Crippen LogP contribution in [0.4, 0.5) is 11.5 Å². The topological polar surface area (TPSA) is 102 Å². The largest absolute Gasteiger partial charge is 0.337 e. The third-order valence-corrected chi connectivity index (χ3v) is 4.73. The third-order valence-electron chi connectivity index (χ3n) is 4.73. The van der Waals surface area contributed by atoms with E-state index >= 15 is 0 Å². The number of benzene rings is 2. The number of fused-ring (bicyclic) bond motifs is 3. The van der Waals surface area contributed by atoms with Crippen molar-refractivity contribution in [2.75, 3.05) is 5.32 Å². The molecule has 4 N–H and O–H groups in total. The average molecular weight is 354 g/mol. The van der Waals surface area contributed by atoms with Gasteiger partial charge in [0.2, 0.25) is 0 Å². The van der Waals surface area contributed by atoms with Crippen LogP contribution in [0.3, 0.4) is 0 Å². The molecule has 4 aromatic heterocycles. The maximum absolute atomic E-state index is 4.84. The van der Waals surface area contributed by atoms with Crippen molar-refractivity contribution in [3.63, 3.8) is 0 Å². The standard InChI is InChI=1S/C19H14N8/c1-2-12-9-21-24-15(12)7-11(1)17-10-27-6-5-20-19(27)18(23-17)22-13-3-4-14-16(8-13)26-25-14/h1-10,25-26H,(H,21,24)(H,22,23). The van der Waals surface area contributed by atoms with E-state index in [0.29, 0.717) is 5.82 Å². The Morgan fingerprint density at radius 1 is 0.963 bits per heavy atom. The van der Waals surface area contributed by atoms with Gasteiger partial charge in [0.1, 0.15) is 0 Å². The maximum Gasteiger partial charge on any atom is 0.180 e. The first kappa shape index (κ1) is 14.1. The van der Waals surface area contributed by atoms with Crippen LogP contribution >= 0.6 is 0 Å². The molecule has 0 radical (unpaired) electrons. The van der Waals surface area contributed by atoms with E-state index in [4.69, 9.17) is 4.98 Å². The molecule has 0 aliphatic heterocycles. The normalized spacial score (nSPS) is 11.7. The van der Waals surface area contributed by atoms with Crippen LogP contribution in [-0.4, -0.2) is 34.8 Å². The zero-order valence-electron chi connectivity index (χ0n) is 14.1. The molecule has 0 spiro atoms. The van der Waals surface area contributed by atoms with Crippen molar-refractivity contribution in [2.24, 2.45) is 0 Å². The summed E-state index contributed by atoms with van der Waals surface area (Å²) in [5.74, 6) is 0.703. The first-order valence-electron chi connectivity index (χ1n) is 8.54. The molecule has 0 saturated heterocycles. The summed E-state index contributed by atoms with van der Waals surface area (Å²) in [4.78, 5) is 9.27. The Hall–Kier alpha value is -4.07. The Balaban J connectivity index is 1.48. The van der Waals surface area contributed by atoms with Crippen molar-refractivity contribution in [1.82, 2.24) is 34.8 Å². The monoisotopic (exact) mass is 354 g/mol. The molecule has 0 fully saturated rings. The highest BCUT2D eigenvalue weighted by Gasteiger charge is 2.11. The lowest BCUT2D eigenvalue weighted by Gasteiger charge is -2.11. The van der Waals surface area contributed by atoms with Gasteiger partial charge in [-0.1, -0.05) is 12.1 Å². The van der Waals surface area contributed by atoms with Crippen molar-refractivity contribution in [2.45, 2.75) is 0 Å². The summed E-state index contributed by atoms with van der Waals surface area (Å²) in [6.07, 6.45) is 7.48. The van der Waals surface area contributed by atoms with Gasteiger partial charge in [-0.05, 0) is 24.3 Å². The van der Waals surface area contributed by atoms with Gasteiger partial charge in [0.25, 0.3) is 0 Å². The van der Waals surface area contributed by atoms with Crippen LogP contribution in [0.5, 0.6) is 0 Å². The number of aromatic amines is 3. The van der Waals surface area contributed by atoms with E-state index in [0.717, 1.165) is 44.5 Å². The molecule has 130 valence electrons. The summed E-state index contributed by atoms with van der Waals surface area (Å²) < 4.78 is 1.97. The second-order valence-electron chi connectivity index (χ2n) is 6.44. The Kier molecular flexibility index (Phi) is 2.73. The van der Waals surface area contributed by atoms with Crippen LogP contribution in [0.15, 0.2) is 61.2 Å². The zero-order valence-corrected chi connectivity index (χ0v) is 14.1. The minimum atomic E-state index is 0.703. The fourth-order valence-corrected chi connectivity index (χ4v) is 3.29. The summed E-state index contributed by atoms with van der Waals surface area (Å²) in [7, 11) is 0. The van der Waals surface area contributed by atoms with E-state index in [2.05, 4.69) is 36.8 Å². The molecule has 0 amide bonds. The molecule has 0 bridgehead atoms. The van der Waals surface area contributed by atoms with Crippen molar-refractivity contribution in [1.29, 1.82) is 0 Å². The maximum atomic E-state index is 4.84. The lowest BCUT2D eigenvalue weighted by molar-refractivity contribution is 1.07. The van der Waals surface area contributed by atoms with E-state index in [1.165, 1.54) is 0 Å². The number of rotatable bonds is 3. The smallest absolute Gasteiger partial charge is 0.180 e. The van der Waals surface area contributed by atoms with Crippen LogP contribution in [0.25, 0.3) is 38.8 Å². The molecule has 0 saturated carbocycles. The Labute approximate surface area is 152 Å². The van der Waals surface area contributed by atoms with E-state index in [9.17, 15) is 0 Å². The average Bonchev–Trinajstić information content (AvgIpc) is 3.32. The van der Waals surface area contributed by atoms with Gasteiger partial charge in [0, 0.05) is 35.2 Å². The van der Waals surface area contributed by atoms with Gasteiger partial charge in [-0.15, -0.1) is 0 Å². The van der Waals surface area contributed by atoms with E-state index in [-0.39, 0.29) is 0 Å². The predicted molar refractivity (Wildman–Crippen MR) is 104 cm³/mol. The van der Waals surface area contributed by atoms with Crippen LogP contribution < -0.4 is 5.32 Å². The second-order valence-corrected chi connectivity index (χ2v) is 6.44. The molecule has 0 aliphatic carbocycles. The SMILES string of the molecule is c1cn2cc(-c3ccc4cn[nH]c4c3)nc(Nc3ccc4[nH][nH]c4c3)c2n1. The fraction of sp³-hybridized carbons (Fsp3) is 0. The summed E-state index contributed by atoms with van der Waals surface area (Å²) in [5.41, 5.74) is 6.70. The first-order valence-corrected chi connectivity index (χ1v) is 8.54. The Bertz CT molecular complexity index is 1410. The van der Waals surface area contributed by atoms with Crippen molar-refractivity contribution < 1.29 is 0 Å². The lowest BCUT2D eigenvalue weighted by atomic mass is 10.1. The quantitative estimate of drug-likeness (QED) is 0.388. The number of anilines is 2. The molecule has 8 heteroatoms. The number of imidazole rings is 1. The van der Waals surface area contributed by atoms with E-state index in [1.807, 2.05) is 53.3 Å². The molecule has 6 aromatic rings. The number of aromatic nitrogens is 7. The molecule has 6 rings (SSSR count). The minimum absolute atomic E-state index is 0.703. The van der Waals surface area contributed by atoms with Gasteiger partial charge in [-0.2, -0.15) is 5.10 Å². The van der Waals surface area contributed by atoms with Crippen LogP contribution in [0.1, 0.15) is 0 Å². The van der Waals surface area contributed by atoms with Crippen molar-refractivity contribution >= 4 is 39.1 Å². The summed E-state index contributed by atoms with van der Waals surface area (Å²) >= 11 is 0. The summed E-state index contributed by atoms with van der Waals surface area (Å²) in [5, 5.41) is 17.7.